The van der Waals surface area contributed by atoms with E-state index in [0.29, 0.717) is 33.5 Å². The summed E-state index contributed by atoms with van der Waals surface area (Å²) >= 11 is 1.51. The lowest BCUT2D eigenvalue weighted by atomic mass is 10.1. The van der Waals surface area contributed by atoms with Gasteiger partial charge in [0.05, 0.1) is 27.7 Å². The van der Waals surface area contributed by atoms with Crippen LogP contribution in [0.15, 0.2) is 54.0 Å². The van der Waals surface area contributed by atoms with Gasteiger partial charge in [-0.15, -0.1) is 11.3 Å². The highest BCUT2D eigenvalue weighted by Crippen LogP contribution is 2.29. The van der Waals surface area contributed by atoms with E-state index in [1.807, 2.05) is 31.4 Å². The maximum atomic E-state index is 13.0. The lowest BCUT2D eigenvalue weighted by Crippen LogP contribution is -2.22. The molecule has 0 bridgehead atoms. The van der Waals surface area contributed by atoms with E-state index < -0.39 is 18.5 Å². The Labute approximate surface area is 206 Å². The zero-order chi connectivity index (χ0) is 25.1. The molecule has 35 heavy (non-hydrogen) atoms. The summed E-state index contributed by atoms with van der Waals surface area (Å²) in [5.74, 6) is -1.27. The zero-order valence-corrected chi connectivity index (χ0v) is 20.6. The Balaban J connectivity index is 1.49. The van der Waals surface area contributed by atoms with Crippen LogP contribution in [0.4, 0.5) is 5.69 Å². The van der Waals surface area contributed by atoms with Crippen molar-refractivity contribution in [3.05, 3.63) is 65.2 Å². The van der Waals surface area contributed by atoms with Gasteiger partial charge in [0.2, 0.25) is 0 Å². The molecule has 180 valence electrons. The van der Waals surface area contributed by atoms with E-state index >= 15 is 0 Å². The number of ether oxygens (including phenoxy) is 1. The molecule has 3 heterocycles. The minimum absolute atomic E-state index is 0.0487. The second-order valence-electron chi connectivity index (χ2n) is 8.35. The summed E-state index contributed by atoms with van der Waals surface area (Å²) < 4.78 is 7.08. The Bertz CT molecular complexity index is 1380. The van der Waals surface area contributed by atoms with E-state index in [1.165, 1.54) is 16.2 Å². The molecule has 0 fully saturated rings. The van der Waals surface area contributed by atoms with E-state index in [-0.39, 0.29) is 11.9 Å². The minimum atomic E-state index is -0.638. The van der Waals surface area contributed by atoms with Crippen LogP contribution in [0.3, 0.4) is 0 Å². The summed E-state index contributed by atoms with van der Waals surface area (Å²) in [7, 11) is 3.33. The minimum Gasteiger partial charge on any atom is -0.452 e. The molecule has 10 heteroatoms. The Kier molecular flexibility index (Phi) is 6.92. The number of carbonyl (C=O) groups is 3. The predicted molar refractivity (Wildman–Crippen MR) is 135 cm³/mol. The monoisotopic (exact) mass is 491 g/mol. The molecule has 0 unspecified atom stereocenters. The maximum absolute atomic E-state index is 13.0. The number of rotatable bonds is 7. The number of aromatic nitrogens is 3. The molecule has 4 rings (SSSR count). The van der Waals surface area contributed by atoms with E-state index in [2.05, 4.69) is 10.4 Å². The SMILES string of the molecule is CC(C)n1ncc2c(C(=O)OCC(=O)Nc3ccc(C(=O)N(C)C)cc3)cc(-c3cccs3)nc21. The van der Waals surface area contributed by atoms with Crippen LogP contribution in [0.5, 0.6) is 0 Å². The third-order valence-corrected chi connectivity index (χ3v) is 6.10. The van der Waals surface area contributed by atoms with Crippen LogP contribution in [0.25, 0.3) is 21.6 Å². The quantitative estimate of drug-likeness (QED) is 0.388. The molecule has 0 atom stereocenters. The van der Waals surface area contributed by atoms with Gasteiger partial charge in [0.25, 0.3) is 11.8 Å². The lowest BCUT2D eigenvalue weighted by molar-refractivity contribution is -0.119. The van der Waals surface area contributed by atoms with Gasteiger partial charge in [-0.3, -0.25) is 9.59 Å². The molecule has 0 aliphatic rings. The van der Waals surface area contributed by atoms with E-state index in [9.17, 15) is 14.4 Å². The molecule has 4 aromatic rings. The van der Waals surface area contributed by atoms with Crippen molar-refractivity contribution in [2.24, 2.45) is 0 Å². The molecular weight excluding hydrogens is 466 g/mol. The largest absolute Gasteiger partial charge is 0.452 e. The van der Waals surface area contributed by atoms with Gasteiger partial charge in [-0.1, -0.05) is 6.07 Å². The Morgan fingerprint density at radius 3 is 2.51 bits per heavy atom. The summed E-state index contributed by atoms with van der Waals surface area (Å²) in [6.45, 7) is 3.50. The summed E-state index contributed by atoms with van der Waals surface area (Å²) in [5.41, 5.74) is 2.51. The first-order valence-corrected chi connectivity index (χ1v) is 11.8. The summed E-state index contributed by atoms with van der Waals surface area (Å²) in [4.78, 5) is 44.5. The number of hydrogen-bond donors (Lipinski definition) is 1. The Hall–Kier alpha value is -4.05. The fraction of sp³-hybridized carbons (Fsp3) is 0.240. The van der Waals surface area contributed by atoms with Crippen molar-refractivity contribution >= 4 is 45.8 Å². The number of esters is 1. The first-order valence-electron chi connectivity index (χ1n) is 11.0. The number of hydrogen-bond acceptors (Lipinski definition) is 7. The lowest BCUT2D eigenvalue weighted by Gasteiger charge is -2.11. The molecule has 3 aromatic heterocycles. The average Bonchev–Trinajstić information content (AvgIpc) is 3.52. The van der Waals surface area contributed by atoms with Crippen molar-refractivity contribution in [2.45, 2.75) is 19.9 Å². The van der Waals surface area contributed by atoms with Crippen molar-refractivity contribution in [2.75, 3.05) is 26.0 Å². The van der Waals surface area contributed by atoms with Crippen molar-refractivity contribution < 1.29 is 19.1 Å². The van der Waals surface area contributed by atoms with E-state index in [1.54, 1.807) is 55.3 Å². The fourth-order valence-corrected chi connectivity index (χ4v) is 4.16. The molecule has 0 radical (unpaired) electrons. The number of pyridine rings is 1. The number of nitrogens with zero attached hydrogens (tertiary/aromatic N) is 4. The maximum Gasteiger partial charge on any atom is 0.339 e. The molecule has 1 N–H and O–H groups in total. The van der Waals surface area contributed by atoms with Crippen molar-refractivity contribution in [3.8, 4) is 10.6 Å². The Morgan fingerprint density at radius 1 is 1.14 bits per heavy atom. The topological polar surface area (TPSA) is 106 Å². The molecule has 0 aliphatic heterocycles. The zero-order valence-electron chi connectivity index (χ0n) is 19.8. The number of benzene rings is 1. The van der Waals surface area contributed by atoms with Gasteiger partial charge in [0, 0.05) is 31.4 Å². The van der Waals surface area contributed by atoms with Crippen molar-refractivity contribution in [1.29, 1.82) is 0 Å². The molecule has 9 nitrogen and oxygen atoms in total. The van der Waals surface area contributed by atoms with Crippen LogP contribution >= 0.6 is 11.3 Å². The van der Waals surface area contributed by atoms with Gasteiger partial charge in [0.15, 0.2) is 12.3 Å². The molecule has 1 aromatic carbocycles. The van der Waals surface area contributed by atoms with Crippen LogP contribution in [0, 0.1) is 0 Å². The fourth-order valence-electron chi connectivity index (χ4n) is 3.48. The van der Waals surface area contributed by atoms with E-state index in [4.69, 9.17) is 9.72 Å². The van der Waals surface area contributed by atoms with Gasteiger partial charge in [-0.2, -0.15) is 5.10 Å². The molecule has 0 aliphatic carbocycles. The number of anilines is 1. The predicted octanol–water partition coefficient (Wildman–Crippen LogP) is 4.24. The first-order chi connectivity index (χ1) is 16.7. The summed E-state index contributed by atoms with van der Waals surface area (Å²) in [5, 5.41) is 9.55. The molecule has 0 spiro atoms. The third kappa shape index (κ3) is 5.22. The van der Waals surface area contributed by atoms with Gasteiger partial charge >= 0.3 is 5.97 Å². The second kappa shape index (κ2) is 10.1. The molecular formula is C25H25N5O4S. The average molecular weight is 492 g/mol. The normalized spacial score (nSPS) is 11.0. The smallest absolute Gasteiger partial charge is 0.339 e. The highest BCUT2D eigenvalue weighted by Gasteiger charge is 2.20. The van der Waals surface area contributed by atoms with Crippen LogP contribution in [-0.4, -0.2) is 58.2 Å². The number of carbonyl (C=O) groups excluding carboxylic acids is 3. The highest BCUT2D eigenvalue weighted by atomic mass is 32.1. The van der Waals surface area contributed by atoms with Crippen LogP contribution < -0.4 is 5.32 Å². The van der Waals surface area contributed by atoms with Gasteiger partial charge in [-0.25, -0.2) is 14.5 Å². The summed E-state index contributed by atoms with van der Waals surface area (Å²) in [6.07, 6.45) is 1.59. The highest BCUT2D eigenvalue weighted by molar-refractivity contribution is 7.13. The van der Waals surface area contributed by atoms with E-state index in [0.717, 1.165) is 4.88 Å². The molecule has 2 amide bonds. The third-order valence-electron chi connectivity index (χ3n) is 5.21. The Morgan fingerprint density at radius 2 is 1.89 bits per heavy atom. The van der Waals surface area contributed by atoms with Crippen molar-refractivity contribution in [3.63, 3.8) is 0 Å². The second-order valence-corrected chi connectivity index (χ2v) is 9.30. The van der Waals surface area contributed by atoms with Crippen LogP contribution in [0.2, 0.25) is 0 Å². The first kappa shape index (κ1) is 24.1. The number of fused-ring (bicyclic) bond motifs is 1. The van der Waals surface area contributed by atoms with Crippen LogP contribution in [0.1, 0.15) is 40.6 Å². The standard InChI is InChI=1S/C25H25N5O4S/c1-15(2)30-23-19(13-26-30)18(12-20(28-23)21-6-5-11-35-21)25(33)34-14-22(31)27-17-9-7-16(8-10-17)24(32)29(3)4/h5-13,15H,14H2,1-4H3,(H,27,31). The van der Waals surface area contributed by atoms with Crippen molar-refractivity contribution in [1.82, 2.24) is 19.7 Å². The molecule has 0 saturated carbocycles. The number of amides is 2. The molecule has 0 saturated heterocycles. The summed E-state index contributed by atoms with van der Waals surface area (Å²) in [6, 6.07) is 12.0. The number of nitrogens with one attached hydrogen (secondary N) is 1. The van der Waals surface area contributed by atoms with Crippen LogP contribution in [-0.2, 0) is 9.53 Å². The van der Waals surface area contributed by atoms with Gasteiger partial charge in [0.1, 0.15) is 0 Å². The van der Waals surface area contributed by atoms with Gasteiger partial charge < -0.3 is 15.0 Å². The number of thiophene rings is 1. The van der Waals surface area contributed by atoms with Gasteiger partial charge in [-0.05, 0) is 55.6 Å².